The first-order chi connectivity index (χ1) is 9.94. The highest BCUT2D eigenvalue weighted by Gasteiger charge is 2.28. The van der Waals surface area contributed by atoms with Gasteiger partial charge >= 0.3 is 5.97 Å². The highest BCUT2D eigenvalue weighted by molar-refractivity contribution is 7.91. The molecule has 7 heteroatoms. The van der Waals surface area contributed by atoms with Crippen molar-refractivity contribution in [3.8, 4) is 0 Å². The average Bonchev–Trinajstić information content (AvgIpc) is 2.77. The van der Waals surface area contributed by atoms with Crippen molar-refractivity contribution >= 4 is 32.5 Å². The summed E-state index contributed by atoms with van der Waals surface area (Å²) in [6.07, 6.45) is 0.513. The second-order valence-corrected chi connectivity index (χ2v) is 7.35. The van der Waals surface area contributed by atoms with E-state index in [1.165, 1.54) is 6.07 Å². The van der Waals surface area contributed by atoms with Gasteiger partial charge in [0.15, 0.2) is 9.84 Å². The molecule has 0 amide bonds. The molecule has 0 aliphatic carbocycles. The van der Waals surface area contributed by atoms with Crippen LogP contribution < -0.4 is 5.32 Å². The van der Waals surface area contributed by atoms with Crippen LogP contribution >= 0.6 is 0 Å². The monoisotopic (exact) mass is 306 g/mol. The quantitative estimate of drug-likeness (QED) is 0.892. The largest absolute Gasteiger partial charge is 0.478 e. The summed E-state index contributed by atoms with van der Waals surface area (Å²) in [7, 11) is -2.99. The molecule has 1 aromatic carbocycles. The van der Waals surface area contributed by atoms with Crippen LogP contribution in [0.15, 0.2) is 30.3 Å². The number of anilines is 1. The molecule has 1 unspecified atom stereocenters. The normalized spacial score (nSPS) is 20.5. The van der Waals surface area contributed by atoms with Crippen molar-refractivity contribution in [2.24, 2.45) is 0 Å². The minimum atomic E-state index is -2.99. The van der Waals surface area contributed by atoms with Gasteiger partial charge in [-0.1, -0.05) is 18.2 Å². The molecule has 0 bridgehead atoms. The number of aromatic nitrogens is 1. The van der Waals surface area contributed by atoms with Crippen LogP contribution in [0.2, 0.25) is 0 Å². The van der Waals surface area contributed by atoms with Gasteiger partial charge in [-0.15, -0.1) is 0 Å². The lowest BCUT2D eigenvalue weighted by molar-refractivity contribution is 0.0699. The Balaban J connectivity index is 1.98. The Morgan fingerprint density at radius 2 is 2.10 bits per heavy atom. The van der Waals surface area contributed by atoms with Crippen molar-refractivity contribution in [1.29, 1.82) is 0 Å². The topological polar surface area (TPSA) is 96.4 Å². The van der Waals surface area contributed by atoms with E-state index in [1.54, 1.807) is 24.3 Å². The second-order valence-electron chi connectivity index (χ2n) is 5.12. The number of nitrogens with zero attached hydrogens (tertiary/aromatic N) is 1. The zero-order valence-electron chi connectivity index (χ0n) is 11.1. The summed E-state index contributed by atoms with van der Waals surface area (Å²) < 4.78 is 22.9. The fourth-order valence-corrected chi connectivity index (χ4v) is 4.22. The van der Waals surface area contributed by atoms with Crippen molar-refractivity contribution in [3.05, 3.63) is 35.9 Å². The highest BCUT2D eigenvalue weighted by atomic mass is 32.2. The number of nitrogens with one attached hydrogen (secondary N) is 1. The Labute approximate surface area is 121 Å². The molecule has 0 radical (unpaired) electrons. The second kappa shape index (κ2) is 5.00. The number of carboxylic acids is 1. The lowest BCUT2D eigenvalue weighted by atomic mass is 10.1. The maximum absolute atomic E-state index is 11.5. The van der Waals surface area contributed by atoms with Crippen molar-refractivity contribution < 1.29 is 18.3 Å². The smallest absolute Gasteiger partial charge is 0.336 e. The van der Waals surface area contributed by atoms with Crippen molar-refractivity contribution in [3.63, 3.8) is 0 Å². The number of hydrogen-bond acceptors (Lipinski definition) is 5. The predicted octanol–water partition coefficient (Wildman–Crippen LogP) is 1.53. The molecular formula is C14H14N2O4S. The van der Waals surface area contributed by atoms with Crippen molar-refractivity contribution in [2.45, 2.75) is 12.5 Å². The van der Waals surface area contributed by atoms with E-state index in [9.17, 15) is 18.3 Å². The van der Waals surface area contributed by atoms with Gasteiger partial charge in [-0.2, -0.15) is 0 Å². The maximum atomic E-state index is 11.5. The molecule has 0 saturated carbocycles. The molecule has 2 heterocycles. The van der Waals surface area contributed by atoms with Gasteiger partial charge in [-0.3, -0.25) is 0 Å². The first-order valence-electron chi connectivity index (χ1n) is 6.55. The van der Waals surface area contributed by atoms with Crippen LogP contribution in [0.3, 0.4) is 0 Å². The third-order valence-corrected chi connectivity index (χ3v) is 5.30. The molecule has 1 aliphatic rings. The summed E-state index contributed by atoms with van der Waals surface area (Å²) in [5, 5.41) is 12.9. The van der Waals surface area contributed by atoms with E-state index in [-0.39, 0.29) is 23.1 Å². The third kappa shape index (κ3) is 2.82. The van der Waals surface area contributed by atoms with E-state index in [0.29, 0.717) is 23.1 Å². The highest BCUT2D eigenvalue weighted by Crippen LogP contribution is 2.23. The van der Waals surface area contributed by atoms with Gasteiger partial charge in [0.25, 0.3) is 0 Å². The van der Waals surface area contributed by atoms with Crippen LogP contribution in [-0.2, 0) is 9.84 Å². The van der Waals surface area contributed by atoms with E-state index in [1.807, 2.05) is 0 Å². The van der Waals surface area contributed by atoms with Crippen LogP contribution in [0.5, 0.6) is 0 Å². The van der Waals surface area contributed by atoms with Gasteiger partial charge in [0.1, 0.15) is 5.82 Å². The fourth-order valence-electron chi connectivity index (χ4n) is 2.54. The van der Waals surface area contributed by atoms with Crippen LogP contribution in [0, 0.1) is 0 Å². The molecule has 110 valence electrons. The standard InChI is InChI=1S/C14H14N2O4S/c17-14(18)11-7-13(15-9-5-6-21(19,20)8-9)16-12-4-2-1-3-10(11)12/h1-4,7,9H,5-6,8H2,(H,15,16)(H,17,18). The fraction of sp³-hybridized carbons (Fsp3) is 0.286. The van der Waals surface area contributed by atoms with Gasteiger partial charge in [0.05, 0.1) is 22.6 Å². The molecule has 1 atom stereocenters. The summed E-state index contributed by atoms with van der Waals surface area (Å²) in [5.74, 6) is -0.419. The minimum Gasteiger partial charge on any atom is -0.478 e. The summed E-state index contributed by atoms with van der Waals surface area (Å²) in [6, 6.07) is 8.21. The van der Waals surface area contributed by atoms with Crippen LogP contribution in [-0.4, -0.2) is 42.0 Å². The van der Waals surface area contributed by atoms with Gasteiger partial charge in [-0.05, 0) is 18.6 Å². The van der Waals surface area contributed by atoms with E-state index < -0.39 is 15.8 Å². The predicted molar refractivity (Wildman–Crippen MR) is 79.4 cm³/mol. The van der Waals surface area contributed by atoms with Gasteiger partial charge in [0, 0.05) is 11.4 Å². The molecular weight excluding hydrogens is 292 g/mol. The zero-order valence-corrected chi connectivity index (χ0v) is 11.9. The third-order valence-electron chi connectivity index (χ3n) is 3.53. The van der Waals surface area contributed by atoms with Gasteiger partial charge in [0.2, 0.25) is 0 Å². The summed E-state index contributed by atoms with van der Waals surface area (Å²) in [4.78, 5) is 15.7. The molecule has 21 heavy (non-hydrogen) atoms. The number of benzene rings is 1. The Hall–Kier alpha value is -2.15. The molecule has 2 aromatic rings. The molecule has 6 nitrogen and oxygen atoms in total. The molecule has 3 rings (SSSR count). The number of pyridine rings is 1. The number of aromatic carboxylic acids is 1. The molecule has 2 N–H and O–H groups in total. The molecule has 0 spiro atoms. The summed E-state index contributed by atoms with van der Waals surface area (Å²) in [5.41, 5.74) is 0.727. The number of fused-ring (bicyclic) bond motifs is 1. The molecule has 1 saturated heterocycles. The zero-order chi connectivity index (χ0) is 15.0. The van der Waals surface area contributed by atoms with Crippen molar-refractivity contribution in [1.82, 2.24) is 4.98 Å². The lowest BCUT2D eigenvalue weighted by Crippen LogP contribution is -2.21. The number of hydrogen-bond donors (Lipinski definition) is 2. The number of sulfone groups is 1. The number of rotatable bonds is 3. The Morgan fingerprint density at radius 3 is 2.76 bits per heavy atom. The first kappa shape index (κ1) is 13.8. The number of para-hydroxylation sites is 1. The van der Waals surface area contributed by atoms with E-state index in [4.69, 9.17) is 0 Å². The first-order valence-corrected chi connectivity index (χ1v) is 8.37. The molecule has 1 fully saturated rings. The van der Waals surface area contributed by atoms with E-state index in [0.717, 1.165) is 0 Å². The number of carbonyl (C=O) groups is 1. The summed E-state index contributed by atoms with van der Waals surface area (Å²) in [6.45, 7) is 0. The number of carboxylic acid groups (broad SMARTS) is 1. The van der Waals surface area contributed by atoms with Gasteiger partial charge in [-0.25, -0.2) is 18.2 Å². The van der Waals surface area contributed by atoms with E-state index in [2.05, 4.69) is 10.3 Å². The van der Waals surface area contributed by atoms with Crippen molar-refractivity contribution in [2.75, 3.05) is 16.8 Å². The summed E-state index contributed by atoms with van der Waals surface area (Å²) >= 11 is 0. The Morgan fingerprint density at radius 1 is 1.33 bits per heavy atom. The Bertz CT molecular complexity index is 817. The minimum absolute atomic E-state index is 0.0594. The Kier molecular flexibility index (Phi) is 3.29. The SMILES string of the molecule is O=C(O)c1cc(NC2CCS(=O)(=O)C2)nc2ccccc12. The van der Waals surface area contributed by atoms with Crippen LogP contribution in [0.4, 0.5) is 5.82 Å². The molecule has 1 aromatic heterocycles. The average molecular weight is 306 g/mol. The van der Waals surface area contributed by atoms with Gasteiger partial charge < -0.3 is 10.4 Å². The molecule has 1 aliphatic heterocycles. The van der Waals surface area contributed by atoms with E-state index >= 15 is 0 Å². The lowest BCUT2D eigenvalue weighted by Gasteiger charge is -2.13. The van der Waals surface area contributed by atoms with Crippen LogP contribution in [0.1, 0.15) is 16.8 Å². The van der Waals surface area contributed by atoms with Crippen LogP contribution in [0.25, 0.3) is 10.9 Å². The maximum Gasteiger partial charge on any atom is 0.336 e.